The van der Waals surface area contributed by atoms with Gasteiger partial charge in [0.15, 0.2) is 5.82 Å². The number of aromatic carboxylic acids is 1. The average Bonchev–Trinajstić information content (AvgIpc) is 3.37. The molecule has 0 aliphatic carbocycles. The highest BCUT2D eigenvalue weighted by Gasteiger charge is 2.23. The molecule has 1 fully saturated rings. The number of hydrogen-bond acceptors (Lipinski definition) is 8. The van der Waals surface area contributed by atoms with E-state index in [2.05, 4.69) is 27.3 Å². The fourth-order valence-corrected chi connectivity index (χ4v) is 4.56. The zero-order valence-corrected chi connectivity index (χ0v) is 20.4. The number of ether oxygens (including phenoxy) is 1. The van der Waals surface area contributed by atoms with Crippen LogP contribution in [0.1, 0.15) is 32.5 Å². The molecule has 0 spiro atoms. The second kappa shape index (κ2) is 11.0. The van der Waals surface area contributed by atoms with E-state index in [4.69, 9.17) is 4.74 Å². The second-order valence-electron chi connectivity index (χ2n) is 7.82. The van der Waals surface area contributed by atoms with Crippen LogP contribution in [0, 0.1) is 0 Å². The first kappa shape index (κ1) is 25.6. The number of carboxylic acid groups (broad SMARTS) is 1. The Kier molecular flexibility index (Phi) is 8.26. The van der Waals surface area contributed by atoms with Crippen LogP contribution in [0.25, 0.3) is 10.2 Å². The van der Waals surface area contributed by atoms with E-state index in [1.165, 1.54) is 6.07 Å². The van der Waals surface area contributed by atoms with E-state index in [0.717, 1.165) is 54.3 Å². The Morgan fingerprint density at radius 2 is 1.82 bits per heavy atom. The third-order valence-electron chi connectivity index (χ3n) is 5.46. The van der Waals surface area contributed by atoms with Gasteiger partial charge in [-0.2, -0.15) is 4.68 Å². The molecule has 1 aliphatic rings. The number of nitrogens with one attached hydrogen (secondary N) is 1. The molecule has 0 unspecified atom stereocenters. The minimum Gasteiger partial charge on any atom is -0.477 e. The number of amides is 1. The SMILES string of the molecule is CCOC(=O)n1nc(NC(=O)c2ccc(CN3CCN(C)CC3)cc2)c2cc(C(=O)O)sc21.Cl. The molecule has 1 aliphatic heterocycles. The molecule has 0 radical (unpaired) electrons. The highest BCUT2D eigenvalue weighted by atomic mass is 35.5. The summed E-state index contributed by atoms with van der Waals surface area (Å²) in [5, 5.41) is 16.5. The van der Waals surface area contributed by atoms with Gasteiger partial charge in [-0.1, -0.05) is 12.1 Å². The second-order valence-corrected chi connectivity index (χ2v) is 8.86. The molecule has 0 saturated carbocycles. The number of piperazine rings is 1. The minimum atomic E-state index is -1.13. The van der Waals surface area contributed by atoms with Gasteiger partial charge in [-0.05, 0) is 37.7 Å². The number of nitrogens with zero attached hydrogens (tertiary/aromatic N) is 4. The van der Waals surface area contributed by atoms with Crippen molar-refractivity contribution in [1.82, 2.24) is 19.6 Å². The average molecular weight is 508 g/mol. The number of benzene rings is 1. The quantitative estimate of drug-likeness (QED) is 0.522. The molecule has 1 amide bonds. The zero-order chi connectivity index (χ0) is 23.5. The normalized spacial score (nSPS) is 14.5. The maximum Gasteiger partial charge on any atom is 0.436 e. The summed E-state index contributed by atoms with van der Waals surface area (Å²) < 4.78 is 5.97. The first-order valence-electron chi connectivity index (χ1n) is 10.6. The molecule has 10 nitrogen and oxygen atoms in total. The molecule has 3 aromatic rings. The minimum absolute atomic E-state index is 0. The van der Waals surface area contributed by atoms with Gasteiger partial charge in [0.1, 0.15) is 9.71 Å². The van der Waals surface area contributed by atoms with E-state index in [-0.39, 0.29) is 29.7 Å². The van der Waals surface area contributed by atoms with Crippen LogP contribution in [0.3, 0.4) is 0 Å². The van der Waals surface area contributed by atoms with Crippen molar-refractivity contribution in [3.8, 4) is 0 Å². The Bertz CT molecular complexity index is 1180. The number of carbonyl (C=O) groups excluding carboxylic acids is 2. The standard InChI is InChI=1S/C22H25N5O5S.ClH/c1-3-32-22(31)27-20-16(12-17(33-20)21(29)30)18(24-27)23-19(28)15-6-4-14(5-7-15)13-26-10-8-25(2)9-11-26;/h4-7,12H,3,8-11,13H2,1-2H3,(H,29,30)(H,23,24,28);1H. The Morgan fingerprint density at radius 1 is 1.15 bits per heavy atom. The summed E-state index contributed by atoms with van der Waals surface area (Å²) in [4.78, 5) is 41.5. The molecule has 0 bridgehead atoms. The Hall–Kier alpha value is -2.99. The molecule has 2 aromatic heterocycles. The first-order chi connectivity index (χ1) is 15.9. The van der Waals surface area contributed by atoms with E-state index < -0.39 is 18.0 Å². The van der Waals surface area contributed by atoms with E-state index in [1.807, 2.05) is 12.1 Å². The number of hydrogen-bond donors (Lipinski definition) is 2. The molecule has 0 atom stereocenters. The molecule has 12 heteroatoms. The largest absolute Gasteiger partial charge is 0.477 e. The van der Waals surface area contributed by atoms with Crippen LogP contribution >= 0.6 is 23.7 Å². The summed E-state index contributed by atoms with van der Waals surface area (Å²) in [7, 11) is 2.12. The van der Waals surface area contributed by atoms with Crippen LogP contribution < -0.4 is 5.32 Å². The molecule has 2 N–H and O–H groups in total. The molecule has 3 heterocycles. The Labute approximate surface area is 206 Å². The highest BCUT2D eigenvalue weighted by molar-refractivity contribution is 7.20. The Balaban J connectivity index is 0.00000324. The van der Waals surface area contributed by atoms with Gasteiger partial charge >= 0.3 is 12.1 Å². The highest BCUT2D eigenvalue weighted by Crippen LogP contribution is 2.32. The predicted molar refractivity (Wildman–Crippen MR) is 131 cm³/mol. The van der Waals surface area contributed by atoms with Gasteiger partial charge in [-0.3, -0.25) is 9.69 Å². The lowest BCUT2D eigenvalue weighted by Crippen LogP contribution is -2.43. The van der Waals surface area contributed by atoms with Crippen LogP contribution in [0.15, 0.2) is 30.3 Å². The summed E-state index contributed by atoms with van der Waals surface area (Å²) in [5.41, 5.74) is 1.55. The van der Waals surface area contributed by atoms with Gasteiger partial charge in [0, 0.05) is 38.3 Å². The molecule has 1 aromatic carbocycles. The van der Waals surface area contributed by atoms with E-state index >= 15 is 0 Å². The first-order valence-corrected chi connectivity index (χ1v) is 11.4. The lowest BCUT2D eigenvalue weighted by atomic mass is 10.1. The number of fused-ring (bicyclic) bond motifs is 1. The van der Waals surface area contributed by atoms with Gasteiger partial charge in [0.25, 0.3) is 5.91 Å². The van der Waals surface area contributed by atoms with Crippen LogP contribution in [0.4, 0.5) is 10.6 Å². The lowest BCUT2D eigenvalue weighted by Gasteiger charge is -2.32. The molecule has 182 valence electrons. The molecule has 4 rings (SSSR count). The summed E-state index contributed by atoms with van der Waals surface area (Å²) in [5.74, 6) is -1.42. The lowest BCUT2D eigenvalue weighted by molar-refractivity contribution is 0.0702. The summed E-state index contributed by atoms with van der Waals surface area (Å²) in [6.07, 6.45) is -0.741. The van der Waals surface area contributed by atoms with Crippen molar-refractivity contribution in [1.29, 1.82) is 0 Å². The number of carboxylic acids is 1. The van der Waals surface area contributed by atoms with Gasteiger partial charge in [-0.15, -0.1) is 28.8 Å². The van der Waals surface area contributed by atoms with Crippen molar-refractivity contribution in [3.05, 3.63) is 46.3 Å². The predicted octanol–water partition coefficient (Wildman–Crippen LogP) is 3.22. The van der Waals surface area contributed by atoms with Gasteiger partial charge in [-0.25, -0.2) is 9.59 Å². The number of carbonyl (C=O) groups is 3. The van der Waals surface area contributed by atoms with Crippen molar-refractivity contribution in [3.63, 3.8) is 0 Å². The van der Waals surface area contributed by atoms with E-state index in [0.29, 0.717) is 15.8 Å². The fraction of sp³-hybridized carbons (Fsp3) is 0.364. The number of halogens is 1. The summed E-state index contributed by atoms with van der Waals surface area (Å²) in [6, 6.07) is 8.73. The number of thiophene rings is 1. The fourth-order valence-electron chi connectivity index (χ4n) is 3.62. The molecular weight excluding hydrogens is 482 g/mol. The van der Waals surface area contributed by atoms with Crippen molar-refractivity contribution in [2.24, 2.45) is 0 Å². The third-order valence-corrected chi connectivity index (χ3v) is 6.56. The smallest absolute Gasteiger partial charge is 0.436 e. The topological polar surface area (TPSA) is 117 Å². The van der Waals surface area contributed by atoms with Crippen LogP contribution in [-0.4, -0.2) is 82.5 Å². The van der Waals surface area contributed by atoms with E-state index in [1.54, 1.807) is 19.1 Å². The molecule has 34 heavy (non-hydrogen) atoms. The van der Waals surface area contributed by atoms with Crippen molar-refractivity contribution >= 4 is 57.7 Å². The van der Waals surface area contributed by atoms with Gasteiger partial charge < -0.3 is 20.1 Å². The van der Waals surface area contributed by atoms with Crippen LogP contribution in [0.2, 0.25) is 0 Å². The van der Waals surface area contributed by atoms with Crippen molar-refractivity contribution in [2.45, 2.75) is 13.5 Å². The number of aromatic nitrogens is 2. The van der Waals surface area contributed by atoms with Crippen LogP contribution in [-0.2, 0) is 11.3 Å². The van der Waals surface area contributed by atoms with Gasteiger partial charge in [0.2, 0.25) is 0 Å². The van der Waals surface area contributed by atoms with Crippen molar-refractivity contribution in [2.75, 3.05) is 45.2 Å². The van der Waals surface area contributed by atoms with Crippen molar-refractivity contribution < 1.29 is 24.2 Å². The summed E-state index contributed by atoms with van der Waals surface area (Å²) in [6.45, 7) is 6.73. The maximum atomic E-state index is 12.8. The zero-order valence-electron chi connectivity index (χ0n) is 18.8. The van der Waals surface area contributed by atoms with E-state index in [9.17, 15) is 19.5 Å². The number of anilines is 1. The molecular formula is C22H26ClN5O5S. The molecule has 1 saturated heterocycles. The maximum absolute atomic E-state index is 12.8. The Morgan fingerprint density at radius 3 is 2.44 bits per heavy atom. The monoisotopic (exact) mass is 507 g/mol. The van der Waals surface area contributed by atoms with Crippen LogP contribution in [0.5, 0.6) is 0 Å². The summed E-state index contributed by atoms with van der Waals surface area (Å²) >= 11 is 0.890. The third kappa shape index (κ3) is 5.55. The number of likely N-dealkylation sites (N-methyl/N-ethyl adjacent to an activating group) is 1. The number of rotatable bonds is 6. The van der Waals surface area contributed by atoms with Gasteiger partial charge in [0.05, 0.1) is 12.0 Å².